The molecule has 0 aliphatic heterocycles. The van der Waals surface area contributed by atoms with E-state index in [0.717, 1.165) is 6.29 Å². The molecule has 140 valence electrons. The lowest BCUT2D eigenvalue weighted by Crippen LogP contribution is -2.54. The van der Waals surface area contributed by atoms with Crippen molar-refractivity contribution in [3.05, 3.63) is 0 Å². The first-order valence-corrected chi connectivity index (χ1v) is 8.72. The summed E-state index contributed by atoms with van der Waals surface area (Å²) < 4.78 is 0. The minimum absolute atomic E-state index is 0.209. The number of aldehydes is 1. The van der Waals surface area contributed by atoms with Crippen molar-refractivity contribution in [3.8, 4) is 0 Å². The zero-order valence-electron chi connectivity index (χ0n) is 15.4. The van der Waals surface area contributed by atoms with E-state index in [1.54, 1.807) is 0 Å². The Bertz CT molecular complexity index is 399. The van der Waals surface area contributed by atoms with E-state index in [1.165, 1.54) is 0 Å². The number of amides is 2. The van der Waals surface area contributed by atoms with Crippen molar-refractivity contribution in [2.75, 3.05) is 6.54 Å². The minimum Gasteiger partial charge on any atom is -0.345 e. The molecule has 3 atom stereocenters. The predicted molar refractivity (Wildman–Crippen MR) is 95.1 cm³/mol. The Kier molecular flexibility index (Phi) is 11.2. The molecule has 0 radical (unpaired) electrons. The highest BCUT2D eigenvalue weighted by atomic mass is 16.2. The maximum absolute atomic E-state index is 12.5. The van der Waals surface area contributed by atoms with Gasteiger partial charge in [0.15, 0.2) is 0 Å². The summed E-state index contributed by atoms with van der Waals surface area (Å²) in [4.78, 5) is 35.7. The number of hydrogen-bond donors (Lipinski definition) is 4. The zero-order valence-corrected chi connectivity index (χ0v) is 15.4. The Hall–Kier alpha value is -1.47. The van der Waals surface area contributed by atoms with Gasteiger partial charge in [-0.1, -0.05) is 27.7 Å². The van der Waals surface area contributed by atoms with Crippen LogP contribution in [-0.2, 0) is 14.4 Å². The van der Waals surface area contributed by atoms with E-state index < -0.39 is 18.1 Å². The molecule has 0 aliphatic carbocycles. The van der Waals surface area contributed by atoms with Gasteiger partial charge in [0, 0.05) is 0 Å². The molecule has 7 heteroatoms. The quantitative estimate of drug-likeness (QED) is 0.380. The van der Waals surface area contributed by atoms with Gasteiger partial charge in [-0.15, -0.1) is 0 Å². The Morgan fingerprint density at radius 1 is 1.00 bits per heavy atom. The third-order valence-corrected chi connectivity index (χ3v) is 3.61. The SMILES string of the molecule is CC(C)C[C@@H](C=O)NC(=O)[C@H](CC(C)C)NC(=O)[C@@H](N)CCCN. The van der Waals surface area contributed by atoms with Crippen LogP contribution in [0.1, 0.15) is 53.4 Å². The molecule has 24 heavy (non-hydrogen) atoms. The number of carbonyl (C=O) groups excluding carboxylic acids is 3. The maximum Gasteiger partial charge on any atom is 0.243 e. The highest BCUT2D eigenvalue weighted by Gasteiger charge is 2.26. The lowest BCUT2D eigenvalue weighted by atomic mass is 10.0. The number of hydrogen-bond acceptors (Lipinski definition) is 5. The van der Waals surface area contributed by atoms with Crippen LogP contribution in [-0.4, -0.2) is 42.8 Å². The second-order valence-corrected chi connectivity index (χ2v) is 7.11. The monoisotopic (exact) mass is 342 g/mol. The Morgan fingerprint density at radius 2 is 1.58 bits per heavy atom. The van der Waals surface area contributed by atoms with Gasteiger partial charge in [0.05, 0.1) is 12.1 Å². The van der Waals surface area contributed by atoms with Gasteiger partial charge in [-0.05, 0) is 44.1 Å². The van der Waals surface area contributed by atoms with Crippen LogP contribution in [0.5, 0.6) is 0 Å². The van der Waals surface area contributed by atoms with Gasteiger partial charge in [-0.2, -0.15) is 0 Å². The molecule has 0 aromatic carbocycles. The first-order valence-electron chi connectivity index (χ1n) is 8.72. The predicted octanol–water partition coefficient (Wildman–Crippen LogP) is 0.313. The normalized spacial score (nSPS) is 15.0. The van der Waals surface area contributed by atoms with Crippen LogP contribution in [0.3, 0.4) is 0 Å². The fourth-order valence-corrected chi connectivity index (χ4v) is 2.39. The van der Waals surface area contributed by atoms with Crippen LogP contribution in [0.25, 0.3) is 0 Å². The van der Waals surface area contributed by atoms with Crippen molar-refractivity contribution in [1.29, 1.82) is 0 Å². The first kappa shape index (κ1) is 22.5. The standard InChI is InChI=1S/C17H34N4O3/c1-11(2)8-13(10-22)20-17(24)15(9-12(3)4)21-16(23)14(19)6-5-7-18/h10-15H,5-9,18-19H2,1-4H3,(H,20,24)(H,21,23)/t13-,14-,15-/m0/s1. The maximum atomic E-state index is 12.5. The van der Waals surface area contributed by atoms with E-state index in [9.17, 15) is 14.4 Å². The van der Waals surface area contributed by atoms with Gasteiger partial charge in [0.25, 0.3) is 0 Å². The second-order valence-electron chi connectivity index (χ2n) is 7.11. The van der Waals surface area contributed by atoms with Crippen LogP contribution in [0.4, 0.5) is 0 Å². The summed E-state index contributed by atoms with van der Waals surface area (Å²) in [5, 5.41) is 5.42. The molecule has 0 rings (SSSR count). The fraction of sp³-hybridized carbons (Fsp3) is 0.824. The third-order valence-electron chi connectivity index (χ3n) is 3.61. The summed E-state index contributed by atoms with van der Waals surface area (Å²) in [6.07, 6.45) is 2.90. The largest absolute Gasteiger partial charge is 0.345 e. The van der Waals surface area contributed by atoms with E-state index in [-0.39, 0.29) is 23.7 Å². The van der Waals surface area contributed by atoms with Crippen molar-refractivity contribution in [3.63, 3.8) is 0 Å². The smallest absolute Gasteiger partial charge is 0.243 e. The molecule has 6 N–H and O–H groups in total. The van der Waals surface area contributed by atoms with E-state index in [0.29, 0.717) is 32.2 Å². The summed E-state index contributed by atoms with van der Waals surface area (Å²) in [6.45, 7) is 8.35. The molecule has 0 aliphatic rings. The van der Waals surface area contributed by atoms with Crippen molar-refractivity contribution in [2.24, 2.45) is 23.3 Å². The molecule has 0 bridgehead atoms. The second kappa shape index (κ2) is 12.0. The van der Waals surface area contributed by atoms with Gasteiger partial charge in [0.2, 0.25) is 11.8 Å². The molecular weight excluding hydrogens is 308 g/mol. The Labute approximate surface area is 145 Å². The van der Waals surface area contributed by atoms with Crippen molar-refractivity contribution < 1.29 is 14.4 Å². The average Bonchev–Trinajstić information content (AvgIpc) is 2.49. The summed E-state index contributed by atoms with van der Waals surface area (Å²) in [7, 11) is 0. The highest BCUT2D eigenvalue weighted by Crippen LogP contribution is 2.08. The molecule has 7 nitrogen and oxygen atoms in total. The van der Waals surface area contributed by atoms with Gasteiger partial charge in [-0.25, -0.2) is 0 Å². The summed E-state index contributed by atoms with van der Waals surface area (Å²) in [5.74, 6) is -0.221. The molecule has 0 spiro atoms. The molecule has 0 heterocycles. The Balaban J connectivity index is 4.82. The third kappa shape index (κ3) is 9.62. The van der Waals surface area contributed by atoms with Crippen molar-refractivity contribution in [2.45, 2.75) is 71.5 Å². The van der Waals surface area contributed by atoms with Gasteiger partial charge in [0.1, 0.15) is 12.3 Å². The fourth-order valence-electron chi connectivity index (χ4n) is 2.39. The van der Waals surface area contributed by atoms with Crippen LogP contribution < -0.4 is 22.1 Å². The summed E-state index contributed by atoms with van der Waals surface area (Å²) >= 11 is 0. The van der Waals surface area contributed by atoms with Gasteiger partial charge >= 0.3 is 0 Å². The summed E-state index contributed by atoms with van der Waals surface area (Å²) in [5.41, 5.74) is 11.2. The lowest BCUT2D eigenvalue weighted by molar-refractivity contribution is -0.131. The molecule has 0 fully saturated rings. The van der Waals surface area contributed by atoms with Crippen molar-refractivity contribution in [1.82, 2.24) is 10.6 Å². The molecule has 0 saturated carbocycles. The number of nitrogens with two attached hydrogens (primary N) is 2. The molecule has 0 aromatic heterocycles. The van der Waals surface area contributed by atoms with Crippen LogP contribution in [0.15, 0.2) is 0 Å². The molecular formula is C17H34N4O3. The average molecular weight is 342 g/mol. The van der Waals surface area contributed by atoms with Gasteiger partial charge in [-0.3, -0.25) is 9.59 Å². The lowest BCUT2D eigenvalue weighted by Gasteiger charge is -2.24. The topological polar surface area (TPSA) is 127 Å². The Morgan fingerprint density at radius 3 is 2.04 bits per heavy atom. The van der Waals surface area contributed by atoms with Crippen molar-refractivity contribution >= 4 is 18.1 Å². The minimum atomic E-state index is -0.698. The molecule has 0 saturated heterocycles. The first-order chi connectivity index (χ1) is 11.2. The van der Waals surface area contributed by atoms with E-state index >= 15 is 0 Å². The molecule has 0 aromatic rings. The van der Waals surface area contributed by atoms with E-state index in [1.807, 2.05) is 27.7 Å². The van der Waals surface area contributed by atoms with Crippen LogP contribution >= 0.6 is 0 Å². The summed E-state index contributed by atoms with van der Waals surface area (Å²) in [6, 6.07) is -1.93. The molecule has 0 unspecified atom stereocenters. The molecule has 2 amide bonds. The number of rotatable bonds is 12. The van der Waals surface area contributed by atoms with Crippen LogP contribution in [0, 0.1) is 11.8 Å². The number of carbonyl (C=O) groups is 3. The zero-order chi connectivity index (χ0) is 18.7. The highest BCUT2D eigenvalue weighted by molar-refractivity contribution is 5.90. The van der Waals surface area contributed by atoms with E-state index in [4.69, 9.17) is 11.5 Å². The van der Waals surface area contributed by atoms with E-state index in [2.05, 4.69) is 10.6 Å². The van der Waals surface area contributed by atoms with Crippen LogP contribution in [0.2, 0.25) is 0 Å². The van der Waals surface area contributed by atoms with Gasteiger partial charge < -0.3 is 26.9 Å². The number of nitrogens with one attached hydrogen (secondary N) is 2.